The predicted molar refractivity (Wildman–Crippen MR) is 63.8 cm³/mol. The monoisotopic (exact) mass is 216 g/mol. The number of hydrogen-bond donors (Lipinski definition) is 0. The van der Waals surface area contributed by atoms with Gasteiger partial charge in [0.25, 0.3) is 0 Å². The minimum absolute atomic E-state index is 0.258. The maximum atomic E-state index is 11.5. The Hall–Kier alpha value is -1.75. The zero-order chi connectivity index (χ0) is 12.0. The quantitative estimate of drug-likeness (QED) is 0.571. The van der Waals surface area contributed by atoms with Gasteiger partial charge < -0.3 is 4.74 Å². The molecule has 16 heavy (non-hydrogen) atoms. The molecule has 0 aliphatic carbocycles. The van der Waals surface area contributed by atoms with Crippen LogP contribution in [0.3, 0.4) is 0 Å². The van der Waals surface area contributed by atoms with Crippen LogP contribution in [0.5, 0.6) is 0 Å². The van der Waals surface area contributed by atoms with Crippen LogP contribution in [0.4, 0.5) is 0 Å². The van der Waals surface area contributed by atoms with E-state index in [-0.39, 0.29) is 5.97 Å². The fourth-order valence-corrected chi connectivity index (χ4v) is 1.26. The highest BCUT2D eigenvalue weighted by Gasteiger charge is 2.18. The zero-order valence-corrected chi connectivity index (χ0v) is 9.69. The number of carbonyl (C=O) groups is 1. The van der Waals surface area contributed by atoms with Crippen LogP contribution < -0.4 is 0 Å². The summed E-state index contributed by atoms with van der Waals surface area (Å²) in [6, 6.07) is 9.82. The Kier molecular flexibility index (Phi) is 4.13. The van der Waals surface area contributed by atoms with Crippen LogP contribution in [-0.2, 0) is 16.0 Å². The van der Waals surface area contributed by atoms with Crippen molar-refractivity contribution in [3.8, 4) is 12.3 Å². The van der Waals surface area contributed by atoms with Gasteiger partial charge in [-0.25, -0.2) is 0 Å². The van der Waals surface area contributed by atoms with E-state index in [1.54, 1.807) is 13.8 Å². The van der Waals surface area contributed by atoms with Crippen molar-refractivity contribution in [2.75, 3.05) is 0 Å². The fourth-order valence-electron chi connectivity index (χ4n) is 1.26. The number of terminal acetylenes is 1. The number of rotatable bonds is 4. The van der Waals surface area contributed by atoms with Crippen molar-refractivity contribution in [3.63, 3.8) is 0 Å². The van der Waals surface area contributed by atoms with Gasteiger partial charge in [0.15, 0.2) is 5.60 Å². The van der Waals surface area contributed by atoms with E-state index in [4.69, 9.17) is 11.2 Å². The molecule has 2 heteroatoms. The Bertz CT molecular complexity index is 385. The van der Waals surface area contributed by atoms with Crippen LogP contribution >= 0.6 is 0 Å². The van der Waals surface area contributed by atoms with Crippen molar-refractivity contribution >= 4 is 5.97 Å². The molecule has 0 saturated carbocycles. The Labute approximate surface area is 96.6 Å². The molecule has 0 heterocycles. The van der Waals surface area contributed by atoms with Gasteiger partial charge in [-0.15, -0.1) is 6.42 Å². The van der Waals surface area contributed by atoms with Crippen molar-refractivity contribution < 1.29 is 9.53 Å². The van der Waals surface area contributed by atoms with E-state index in [0.29, 0.717) is 12.8 Å². The molecule has 0 radical (unpaired) electrons. The lowest BCUT2D eigenvalue weighted by Crippen LogP contribution is -2.26. The van der Waals surface area contributed by atoms with Gasteiger partial charge in [-0.3, -0.25) is 4.79 Å². The third-order valence-electron chi connectivity index (χ3n) is 2.18. The summed E-state index contributed by atoms with van der Waals surface area (Å²) in [6.07, 6.45) is 6.27. The van der Waals surface area contributed by atoms with Crippen molar-refractivity contribution in [3.05, 3.63) is 35.9 Å². The first-order valence-electron chi connectivity index (χ1n) is 5.27. The minimum atomic E-state index is -0.812. The van der Waals surface area contributed by atoms with Gasteiger partial charge in [0, 0.05) is 6.42 Å². The summed E-state index contributed by atoms with van der Waals surface area (Å²) in [6.45, 7) is 3.40. The summed E-state index contributed by atoms with van der Waals surface area (Å²) in [7, 11) is 0. The number of ether oxygens (including phenoxy) is 1. The molecular formula is C14H16O2. The fraction of sp³-hybridized carbons (Fsp3) is 0.357. The van der Waals surface area contributed by atoms with E-state index in [1.807, 2.05) is 30.3 Å². The lowest BCUT2D eigenvalue weighted by atomic mass is 10.1. The largest absolute Gasteiger partial charge is 0.446 e. The number of benzene rings is 1. The summed E-state index contributed by atoms with van der Waals surface area (Å²) in [4.78, 5) is 11.5. The second kappa shape index (κ2) is 5.37. The topological polar surface area (TPSA) is 26.3 Å². The Morgan fingerprint density at radius 3 is 2.56 bits per heavy atom. The molecule has 0 N–H and O–H groups in total. The Morgan fingerprint density at radius 1 is 1.38 bits per heavy atom. The van der Waals surface area contributed by atoms with Crippen LogP contribution in [0.15, 0.2) is 30.3 Å². The van der Waals surface area contributed by atoms with E-state index >= 15 is 0 Å². The summed E-state index contributed by atoms with van der Waals surface area (Å²) < 4.78 is 5.13. The molecule has 0 spiro atoms. The van der Waals surface area contributed by atoms with Gasteiger partial charge in [0.1, 0.15) is 0 Å². The smallest absolute Gasteiger partial charge is 0.307 e. The van der Waals surface area contributed by atoms with Crippen LogP contribution in [-0.4, -0.2) is 11.6 Å². The predicted octanol–water partition coefficient (Wildman–Crippen LogP) is 2.57. The number of esters is 1. The van der Waals surface area contributed by atoms with Gasteiger partial charge in [-0.2, -0.15) is 0 Å². The minimum Gasteiger partial charge on any atom is -0.446 e. The summed E-state index contributed by atoms with van der Waals surface area (Å²) in [5.74, 6) is 2.17. The molecule has 1 aromatic carbocycles. The van der Waals surface area contributed by atoms with Gasteiger partial charge in [-0.05, 0) is 25.8 Å². The van der Waals surface area contributed by atoms with E-state index in [9.17, 15) is 4.79 Å². The first-order valence-corrected chi connectivity index (χ1v) is 5.27. The number of carbonyl (C=O) groups excluding carboxylic acids is 1. The average molecular weight is 216 g/mol. The van der Waals surface area contributed by atoms with E-state index in [0.717, 1.165) is 5.56 Å². The summed E-state index contributed by atoms with van der Waals surface area (Å²) in [5.41, 5.74) is 0.311. The summed E-state index contributed by atoms with van der Waals surface area (Å²) in [5, 5.41) is 0. The maximum Gasteiger partial charge on any atom is 0.307 e. The van der Waals surface area contributed by atoms with Crippen LogP contribution in [0.1, 0.15) is 25.8 Å². The molecule has 0 atom stereocenters. The lowest BCUT2D eigenvalue weighted by Gasteiger charge is -2.18. The maximum absolute atomic E-state index is 11.5. The van der Waals surface area contributed by atoms with Gasteiger partial charge in [0.05, 0.1) is 0 Å². The Balaban J connectivity index is 2.40. The van der Waals surface area contributed by atoms with E-state index in [1.165, 1.54) is 0 Å². The van der Waals surface area contributed by atoms with Gasteiger partial charge >= 0.3 is 5.97 Å². The standard InChI is InChI=1S/C14H16O2/c1-4-14(2,3)16-13(15)11-10-12-8-6-5-7-9-12/h1,5-9H,10-11H2,2-3H3. The molecule has 0 aliphatic heterocycles. The van der Waals surface area contributed by atoms with Crippen LogP contribution in [0.25, 0.3) is 0 Å². The van der Waals surface area contributed by atoms with Crippen molar-refractivity contribution in [1.29, 1.82) is 0 Å². The molecule has 0 aromatic heterocycles. The molecule has 84 valence electrons. The first kappa shape index (κ1) is 12.3. The number of aryl methyl sites for hydroxylation is 1. The van der Waals surface area contributed by atoms with Crippen molar-refractivity contribution in [1.82, 2.24) is 0 Å². The normalized spacial score (nSPS) is 10.6. The average Bonchev–Trinajstić information content (AvgIpc) is 2.27. The second-order valence-electron chi connectivity index (χ2n) is 4.11. The molecule has 2 nitrogen and oxygen atoms in total. The highest BCUT2D eigenvalue weighted by atomic mass is 16.6. The molecule has 1 rings (SSSR count). The highest BCUT2D eigenvalue weighted by molar-refractivity contribution is 5.70. The number of hydrogen-bond acceptors (Lipinski definition) is 2. The molecular weight excluding hydrogens is 200 g/mol. The SMILES string of the molecule is C#CC(C)(C)OC(=O)CCc1ccccc1. The van der Waals surface area contributed by atoms with Crippen LogP contribution in [0, 0.1) is 12.3 Å². The molecule has 0 unspecified atom stereocenters. The van der Waals surface area contributed by atoms with Crippen molar-refractivity contribution in [2.24, 2.45) is 0 Å². The Morgan fingerprint density at radius 2 is 2.00 bits per heavy atom. The molecule has 1 aromatic rings. The van der Waals surface area contributed by atoms with Crippen molar-refractivity contribution in [2.45, 2.75) is 32.3 Å². The first-order chi connectivity index (χ1) is 7.53. The van der Waals surface area contributed by atoms with E-state index in [2.05, 4.69) is 5.92 Å². The van der Waals surface area contributed by atoms with Gasteiger partial charge in [-0.1, -0.05) is 36.3 Å². The zero-order valence-electron chi connectivity index (χ0n) is 9.69. The molecule has 0 bridgehead atoms. The lowest BCUT2D eigenvalue weighted by molar-refractivity contribution is -0.151. The van der Waals surface area contributed by atoms with E-state index < -0.39 is 5.60 Å². The molecule has 0 aliphatic rings. The molecule has 0 amide bonds. The second-order valence-corrected chi connectivity index (χ2v) is 4.11. The third-order valence-corrected chi connectivity index (χ3v) is 2.18. The third kappa shape index (κ3) is 4.18. The molecule has 0 fully saturated rings. The highest BCUT2D eigenvalue weighted by Crippen LogP contribution is 2.10. The summed E-state index contributed by atoms with van der Waals surface area (Å²) >= 11 is 0. The molecule has 0 saturated heterocycles. The van der Waals surface area contributed by atoms with Crippen LogP contribution in [0.2, 0.25) is 0 Å². The van der Waals surface area contributed by atoms with Gasteiger partial charge in [0.2, 0.25) is 0 Å².